The Morgan fingerprint density at radius 1 is 1.32 bits per heavy atom. The van der Waals surface area contributed by atoms with Crippen molar-refractivity contribution in [3.05, 3.63) is 52.4 Å². The van der Waals surface area contributed by atoms with E-state index in [0.717, 1.165) is 35.7 Å². The summed E-state index contributed by atoms with van der Waals surface area (Å²) >= 11 is 3.38. The zero-order valence-electron chi connectivity index (χ0n) is 15.9. The van der Waals surface area contributed by atoms with Crippen molar-refractivity contribution in [1.29, 1.82) is 0 Å². The number of likely N-dealkylation sites (tertiary alicyclic amines) is 1. The second-order valence-corrected chi connectivity index (χ2v) is 8.54. The number of carbonyl (C=O) groups is 1. The van der Waals surface area contributed by atoms with Crippen LogP contribution in [-0.4, -0.2) is 52.2 Å². The first-order valence-electron chi connectivity index (χ1n) is 9.66. The van der Waals surface area contributed by atoms with Crippen molar-refractivity contribution in [3.63, 3.8) is 0 Å². The van der Waals surface area contributed by atoms with Gasteiger partial charge in [0.05, 0.1) is 17.8 Å². The van der Waals surface area contributed by atoms with Gasteiger partial charge in [0.25, 0.3) is 5.91 Å². The monoisotopic (exact) mass is 445 g/mol. The van der Waals surface area contributed by atoms with Crippen LogP contribution in [0, 0.1) is 6.92 Å². The van der Waals surface area contributed by atoms with Gasteiger partial charge in [-0.1, -0.05) is 0 Å². The number of amides is 1. The maximum absolute atomic E-state index is 12.8. The van der Waals surface area contributed by atoms with Gasteiger partial charge in [0.2, 0.25) is 5.88 Å². The van der Waals surface area contributed by atoms with Crippen LogP contribution in [0.5, 0.6) is 5.88 Å². The Labute approximate surface area is 173 Å². The van der Waals surface area contributed by atoms with Crippen LogP contribution in [0.4, 0.5) is 0 Å². The summed E-state index contributed by atoms with van der Waals surface area (Å²) in [6, 6.07) is 5.75. The Kier molecular flexibility index (Phi) is 5.64. The molecule has 1 spiro atoms. The van der Waals surface area contributed by atoms with Crippen LogP contribution in [0.3, 0.4) is 0 Å². The lowest BCUT2D eigenvalue weighted by molar-refractivity contribution is -0.135. The maximum Gasteiger partial charge on any atom is 0.255 e. The van der Waals surface area contributed by atoms with Gasteiger partial charge in [0.15, 0.2) is 0 Å². The van der Waals surface area contributed by atoms with E-state index in [4.69, 9.17) is 9.47 Å². The summed E-state index contributed by atoms with van der Waals surface area (Å²) < 4.78 is 13.1. The van der Waals surface area contributed by atoms with Crippen LogP contribution < -0.4 is 4.74 Å². The number of rotatable bonds is 3. The summed E-state index contributed by atoms with van der Waals surface area (Å²) in [5.41, 5.74) is 1.54. The molecule has 2 aliphatic heterocycles. The molecule has 1 unspecified atom stereocenters. The molecule has 4 rings (SSSR count). The fourth-order valence-corrected chi connectivity index (χ4v) is 4.37. The summed E-state index contributed by atoms with van der Waals surface area (Å²) in [7, 11) is 0. The van der Waals surface area contributed by atoms with E-state index in [2.05, 4.69) is 25.9 Å². The molecule has 28 heavy (non-hydrogen) atoms. The number of ether oxygens (including phenoxy) is 2. The third-order valence-corrected chi connectivity index (χ3v) is 5.97. The van der Waals surface area contributed by atoms with Gasteiger partial charge < -0.3 is 14.4 Å². The summed E-state index contributed by atoms with van der Waals surface area (Å²) in [6.45, 7) is 4.08. The molecule has 0 aromatic carbocycles. The molecule has 0 bridgehead atoms. The van der Waals surface area contributed by atoms with Crippen LogP contribution in [-0.2, 0) is 4.74 Å². The zero-order chi connectivity index (χ0) is 19.6. The number of hydrogen-bond acceptors (Lipinski definition) is 5. The van der Waals surface area contributed by atoms with Crippen LogP contribution in [0.25, 0.3) is 0 Å². The third-order valence-electron chi connectivity index (χ3n) is 5.54. The lowest BCUT2D eigenvalue weighted by Crippen LogP contribution is -2.52. The number of nitrogens with zero attached hydrogens (tertiary/aromatic N) is 3. The number of piperidine rings is 1. The minimum atomic E-state index is -0.209. The first-order valence-corrected chi connectivity index (χ1v) is 10.5. The van der Waals surface area contributed by atoms with Crippen molar-refractivity contribution >= 4 is 21.8 Å². The van der Waals surface area contributed by atoms with Gasteiger partial charge in [-0.2, -0.15) is 0 Å². The molecule has 2 saturated heterocycles. The quantitative estimate of drug-likeness (QED) is 0.718. The third kappa shape index (κ3) is 4.36. The van der Waals surface area contributed by atoms with Crippen LogP contribution >= 0.6 is 15.9 Å². The molecule has 0 saturated carbocycles. The van der Waals surface area contributed by atoms with Crippen molar-refractivity contribution in [2.24, 2.45) is 0 Å². The molecule has 2 aromatic rings. The average molecular weight is 446 g/mol. The summed E-state index contributed by atoms with van der Waals surface area (Å²) in [4.78, 5) is 23.1. The molecule has 2 aromatic heterocycles. The summed E-state index contributed by atoms with van der Waals surface area (Å²) in [6.07, 6.45) is 8.52. The molecule has 0 N–H and O–H groups in total. The van der Waals surface area contributed by atoms with E-state index in [-0.39, 0.29) is 17.6 Å². The van der Waals surface area contributed by atoms with Crippen LogP contribution in [0.15, 0.2) is 41.3 Å². The largest absolute Gasteiger partial charge is 0.474 e. The van der Waals surface area contributed by atoms with Crippen molar-refractivity contribution in [2.75, 3.05) is 19.7 Å². The number of aromatic nitrogens is 2. The average Bonchev–Trinajstić information content (AvgIpc) is 2.68. The molecule has 2 aliphatic rings. The molecule has 6 nitrogen and oxygen atoms in total. The standard InChI is InChI=1S/C21H24BrN3O3/c1-15-2-6-24-19(10-15)28-18-3-9-27-21(12-18)4-7-25(8-5-21)20(26)16-11-17(22)14-23-13-16/h2,6,10-11,13-14,18H,3-5,7-9,12H2,1H3. The molecule has 7 heteroatoms. The van der Waals surface area contributed by atoms with E-state index in [1.807, 2.05) is 30.0 Å². The van der Waals surface area contributed by atoms with E-state index >= 15 is 0 Å². The Hall–Kier alpha value is -1.99. The predicted molar refractivity (Wildman–Crippen MR) is 108 cm³/mol. The number of halogens is 1. The van der Waals surface area contributed by atoms with E-state index in [0.29, 0.717) is 31.1 Å². The van der Waals surface area contributed by atoms with Crippen molar-refractivity contribution in [1.82, 2.24) is 14.9 Å². The molecule has 0 radical (unpaired) electrons. The van der Waals surface area contributed by atoms with E-state index in [9.17, 15) is 4.79 Å². The van der Waals surface area contributed by atoms with Crippen LogP contribution in [0.1, 0.15) is 41.6 Å². The molecular formula is C21H24BrN3O3. The smallest absolute Gasteiger partial charge is 0.255 e. The van der Waals surface area contributed by atoms with Crippen molar-refractivity contribution < 1.29 is 14.3 Å². The summed E-state index contributed by atoms with van der Waals surface area (Å²) in [5.74, 6) is 0.702. The number of hydrogen-bond donors (Lipinski definition) is 0. The Balaban J connectivity index is 1.37. The van der Waals surface area contributed by atoms with E-state index in [1.54, 1.807) is 18.6 Å². The Morgan fingerprint density at radius 3 is 2.89 bits per heavy atom. The van der Waals surface area contributed by atoms with E-state index < -0.39 is 0 Å². The maximum atomic E-state index is 12.8. The fraction of sp³-hybridized carbons (Fsp3) is 0.476. The number of pyridine rings is 2. The normalized spacial score (nSPS) is 21.5. The molecule has 148 valence electrons. The first-order chi connectivity index (χ1) is 13.5. The molecule has 0 aliphatic carbocycles. The topological polar surface area (TPSA) is 64.6 Å². The minimum Gasteiger partial charge on any atom is -0.474 e. The first kappa shape index (κ1) is 19.3. The highest BCUT2D eigenvalue weighted by molar-refractivity contribution is 9.10. The second-order valence-electron chi connectivity index (χ2n) is 7.62. The predicted octanol–water partition coefficient (Wildman–Crippen LogP) is 3.78. The highest BCUT2D eigenvalue weighted by atomic mass is 79.9. The lowest BCUT2D eigenvalue weighted by atomic mass is 9.83. The van der Waals surface area contributed by atoms with Gasteiger partial charge in [-0.25, -0.2) is 4.98 Å². The van der Waals surface area contributed by atoms with Gasteiger partial charge in [0, 0.05) is 55.1 Å². The van der Waals surface area contributed by atoms with Gasteiger partial charge in [-0.15, -0.1) is 0 Å². The minimum absolute atomic E-state index is 0.0243. The van der Waals surface area contributed by atoms with Crippen LogP contribution in [0.2, 0.25) is 0 Å². The van der Waals surface area contributed by atoms with Gasteiger partial charge >= 0.3 is 0 Å². The summed E-state index contributed by atoms with van der Waals surface area (Å²) in [5, 5.41) is 0. The van der Waals surface area contributed by atoms with Crippen molar-refractivity contribution in [2.45, 2.75) is 44.3 Å². The SMILES string of the molecule is Cc1ccnc(OC2CCOC3(CCN(C(=O)c4cncc(Br)c4)CC3)C2)c1. The number of carbonyl (C=O) groups excluding carboxylic acids is 1. The fourth-order valence-electron chi connectivity index (χ4n) is 4.00. The van der Waals surface area contributed by atoms with Gasteiger partial charge in [-0.05, 0) is 53.4 Å². The molecule has 1 atom stereocenters. The second kappa shape index (κ2) is 8.17. The van der Waals surface area contributed by atoms with Crippen molar-refractivity contribution in [3.8, 4) is 5.88 Å². The van der Waals surface area contributed by atoms with E-state index in [1.165, 1.54) is 0 Å². The highest BCUT2D eigenvalue weighted by Gasteiger charge is 2.42. The molecule has 2 fully saturated rings. The Bertz CT molecular complexity index is 852. The van der Waals surface area contributed by atoms with Gasteiger partial charge in [0.1, 0.15) is 6.10 Å². The van der Waals surface area contributed by atoms with Gasteiger partial charge in [-0.3, -0.25) is 9.78 Å². The lowest BCUT2D eigenvalue weighted by Gasteiger charge is -2.45. The number of aryl methyl sites for hydroxylation is 1. The molecule has 1 amide bonds. The zero-order valence-corrected chi connectivity index (χ0v) is 17.5. The molecule has 4 heterocycles. The Morgan fingerprint density at radius 2 is 2.14 bits per heavy atom. The molecular weight excluding hydrogens is 422 g/mol. The highest BCUT2D eigenvalue weighted by Crippen LogP contribution is 2.36.